The second-order valence-electron chi connectivity index (χ2n) is 9.19. The topological polar surface area (TPSA) is 78.6 Å². The lowest BCUT2D eigenvalue weighted by atomic mass is 9.92. The summed E-state index contributed by atoms with van der Waals surface area (Å²) in [5.41, 5.74) is 4.97. The molecule has 2 aliphatic rings. The van der Waals surface area contributed by atoms with Crippen LogP contribution in [-0.4, -0.2) is 36.3 Å². The summed E-state index contributed by atoms with van der Waals surface area (Å²) in [6.45, 7) is 4.42. The van der Waals surface area contributed by atoms with E-state index in [1.165, 1.54) is 25.0 Å². The van der Waals surface area contributed by atoms with Gasteiger partial charge >= 0.3 is 0 Å². The molecule has 4 heterocycles. The summed E-state index contributed by atoms with van der Waals surface area (Å²) in [5.74, 6) is 0.363. The summed E-state index contributed by atoms with van der Waals surface area (Å²) < 4.78 is 21.9. The van der Waals surface area contributed by atoms with Crippen LogP contribution in [0.5, 0.6) is 0 Å². The van der Waals surface area contributed by atoms with Gasteiger partial charge in [-0.1, -0.05) is 11.6 Å². The highest BCUT2D eigenvalue weighted by Gasteiger charge is 2.31. The molecule has 1 saturated carbocycles. The highest BCUT2D eigenvalue weighted by atomic mass is 35.5. The summed E-state index contributed by atoms with van der Waals surface area (Å²) in [6, 6.07) is 4.84. The second kappa shape index (κ2) is 8.36. The van der Waals surface area contributed by atoms with Crippen molar-refractivity contribution < 1.29 is 9.13 Å². The Hall–Kier alpha value is -2.97. The second-order valence-corrected chi connectivity index (χ2v) is 9.59. The summed E-state index contributed by atoms with van der Waals surface area (Å²) in [5, 5.41) is 4.80. The lowest BCUT2D eigenvalue weighted by Gasteiger charge is -2.28. The molecule has 0 radical (unpaired) electrons. The van der Waals surface area contributed by atoms with Gasteiger partial charge in [0.05, 0.1) is 34.8 Å². The van der Waals surface area contributed by atoms with Crippen LogP contribution in [-0.2, 0) is 4.74 Å². The van der Waals surface area contributed by atoms with Crippen LogP contribution < -0.4 is 0 Å². The van der Waals surface area contributed by atoms with Crippen LogP contribution in [0.15, 0.2) is 30.6 Å². The molecule has 0 amide bonds. The predicted molar refractivity (Wildman–Crippen MR) is 126 cm³/mol. The first kappa shape index (κ1) is 21.6. The van der Waals surface area contributed by atoms with E-state index in [1.54, 1.807) is 6.07 Å². The highest BCUT2D eigenvalue weighted by Crippen LogP contribution is 2.40. The molecule has 4 aromatic rings. The number of aryl methyl sites for hydroxylation is 2. The lowest BCUT2D eigenvalue weighted by molar-refractivity contribution is 0.00396. The minimum Gasteiger partial charge on any atom is -0.373 e. The number of ether oxygens (including phenoxy) is 1. The molecule has 3 aromatic heterocycles. The molecule has 2 fully saturated rings. The molecule has 1 aliphatic heterocycles. The summed E-state index contributed by atoms with van der Waals surface area (Å²) >= 11 is 6.43. The van der Waals surface area contributed by atoms with E-state index in [1.807, 2.05) is 24.7 Å². The molecule has 34 heavy (non-hydrogen) atoms. The molecule has 1 aromatic carbocycles. The van der Waals surface area contributed by atoms with Crippen molar-refractivity contribution in [1.29, 1.82) is 0 Å². The van der Waals surface area contributed by atoms with E-state index in [0.717, 1.165) is 29.8 Å². The fourth-order valence-corrected chi connectivity index (χ4v) is 4.76. The number of aromatic nitrogens is 6. The van der Waals surface area contributed by atoms with Crippen molar-refractivity contribution in [2.24, 2.45) is 0 Å². The van der Waals surface area contributed by atoms with E-state index >= 15 is 0 Å². The predicted octanol–water partition coefficient (Wildman–Crippen LogP) is 5.66. The van der Waals surface area contributed by atoms with Gasteiger partial charge in [0.15, 0.2) is 5.65 Å². The van der Waals surface area contributed by atoms with Gasteiger partial charge in [-0.05, 0) is 57.7 Å². The Morgan fingerprint density at radius 3 is 2.68 bits per heavy atom. The van der Waals surface area contributed by atoms with E-state index in [4.69, 9.17) is 36.3 Å². The summed E-state index contributed by atoms with van der Waals surface area (Å²) in [6.07, 6.45) is 7.88. The first-order valence-corrected chi connectivity index (χ1v) is 12.0. The van der Waals surface area contributed by atoms with E-state index < -0.39 is 5.82 Å². The third kappa shape index (κ3) is 3.95. The molecule has 1 aliphatic carbocycles. The average Bonchev–Trinajstić information content (AvgIpc) is 3.56. The molecule has 6 rings (SSSR count). The molecule has 2 atom stereocenters. The summed E-state index contributed by atoms with van der Waals surface area (Å²) in [7, 11) is 0. The van der Waals surface area contributed by atoms with Gasteiger partial charge in [-0.15, -0.1) is 0 Å². The molecular weight excluding hydrogens is 455 g/mol. The van der Waals surface area contributed by atoms with Crippen LogP contribution in [0.4, 0.5) is 4.39 Å². The maximum absolute atomic E-state index is 13.8. The van der Waals surface area contributed by atoms with Gasteiger partial charge in [0, 0.05) is 29.8 Å². The van der Waals surface area contributed by atoms with Crippen molar-refractivity contribution in [3.63, 3.8) is 0 Å². The van der Waals surface area contributed by atoms with Crippen LogP contribution in [0.2, 0.25) is 5.02 Å². The van der Waals surface area contributed by atoms with Gasteiger partial charge in [-0.3, -0.25) is 4.68 Å². The summed E-state index contributed by atoms with van der Waals surface area (Å²) in [4.78, 5) is 19.2. The largest absolute Gasteiger partial charge is 0.373 e. The minimum atomic E-state index is -0.399. The van der Waals surface area contributed by atoms with Crippen LogP contribution in [0.3, 0.4) is 0 Å². The van der Waals surface area contributed by atoms with Crippen LogP contribution in [0.1, 0.15) is 66.5 Å². The number of hydrogen-bond donors (Lipinski definition) is 0. The zero-order chi connectivity index (χ0) is 23.4. The Morgan fingerprint density at radius 2 is 1.88 bits per heavy atom. The van der Waals surface area contributed by atoms with Gasteiger partial charge in [0.25, 0.3) is 0 Å². The zero-order valence-corrected chi connectivity index (χ0v) is 19.8. The monoisotopic (exact) mass is 478 g/mol. The lowest BCUT2D eigenvalue weighted by Crippen LogP contribution is -2.20. The molecule has 0 spiro atoms. The minimum absolute atomic E-state index is 0.0609. The number of nitrogens with zero attached hydrogens (tertiary/aromatic N) is 6. The zero-order valence-electron chi connectivity index (χ0n) is 19.0. The van der Waals surface area contributed by atoms with Gasteiger partial charge in [0.2, 0.25) is 0 Å². The van der Waals surface area contributed by atoms with Crippen LogP contribution in [0.25, 0.3) is 22.4 Å². The van der Waals surface area contributed by atoms with Gasteiger partial charge in [-0.2, -0.15) is 5.10 Å². The number of halogens is 2. The molecule has 9 heteroatoms. The Bertz CT molecular complexity index is 1400. The maximum atomic E-state index is 13.8. The smallest absolute Gasteiger partial charge is 0.182 e. The van der Waals surface area contributed by atoms with Crippen molar-refractivity contribution in [3.05, 3.63) is 64.2 Å². The SMILES string of the molecule is Cc1nc2nc(C3CCOC(c4cnn(C5CC5)c4)C3)nc(-c3ccc(F)cc3Cl)c2nc1C. The standard InChI is InChI=1S/C25H24ClFN6O/c1-13-14(2)30-25-23(29-13)22(19-6-3-17(27)10-20(19)26)31-24(32-25)15-7-8-34-21(9-15)16-11-28-33(12-16)18-4-5-18/h3,6,10-12,15,18,21H,4-5,7-9H2,1-2H3. The van der Waals surface area contributed by atoms with E-state index in [0.29, 0.717) is 40.9 Å². The quantitative estimate of drug-likeness (QED) is 0.376. The van der Waals surface area contributed by atoms with Crippen LogP contribution in [0, 0.1) is 19.7 Å². The molecule has 0 N–H and O–H groups in total. The average molecular weight is 479 g/mol. The number of benzene rings is 1. The van der Waals surface area contributed by atoms with Crippen LogP contribution >= 0.6 is 11.6 Å². The molecular formula is C25H24ClFN6O. The first-order valence-electron chi connectivity index (χ1n) is 11.6. The fourth-order valence-electron chi connectivity index (χ4n) is 4.50. The number of rotatable bonds is 4. The number of hydrogen-bond acceptors (Lipinski definition) is 6. The maximum Gasteiger partial charge on any atom is 0.182 e. The van der Waals surface area contributed by atoms with E-state index in [9.17, 15) is 4.39 Å². The van der Waals surface area contributed by atoms with Crippen molar-refractivity contribution in [1.82, 2.24) is 29.7 Å². The van der Waals surface area contributed by atoms with Crippen molar-refractivity contribution in [3.8, 4) is 11.3 Å². The molecule has 174 valence electrons. The molecule has 2 unspecified atom stereocenters. The molecule has 7 nitrogen and oxygen atoms in total. The molecule has 0 bridgehead atoms. The third-order valence-corrected chi connectivity index (χ3v) is 7.02. The Balaban J connectivity index is 1.41. The van der Waals surface area contributed by atoms with Gasteiger partial charge < -0.3 is 4.74 Å². The highest BCUT2D eigenvalue weighted by molar-refractivity contribution is 6.33. The third-order valence-electron chi connectivity index (χ3n) is 6.71. The Kier molecular flexibility index (Phi) is 5.30. The fraction of sp³-hybridized carbons (Fsp3) is 0.400. The normalized spacial score (nSPS) is 20.7. The number of fused-ring (bicyclic) bond motifs is 1. The van der Waals surface area contributed by atoms with Crippen molar-refractivity contribution in [2.45, 2.75) is 57.6 Å². The van der Waals surface area contributed by atoms with Gasteiger partial charge in [0.1, 0.15) is 22.9 Å². The van der Waals surface area contributed by atoms with E-state index in [2.05, 4.69) is 11.3 Å². The van der Waals surface area contributed by atoms with E-state index in [-0.39, 0.29) is 17.0 Å². The van der Waals surface area contributed by atoms with Crippen molar-refractivity contribution in [2.75, 3.05) is 6.61 Å². The Labute approximate surface area is 201 Å². The molecule has 1 saturated heterocycles. The van der Waals surface area contributed by atoms with Crippen molar-refractivity contribution >= 4 is 22.8 Å². The first-order chi connectivity index (χ1) is 16.5. The Morgan fingerprint density at radius 1 is 1.06 bits per heavy atom. The van der Waals surface area contributed by atoms with Gasteiger partial charge in [-0.25, -0.2) is 24.3 Å².